The molecule has 3 atom stereocenters. The quantitative estimate of drug-likeness (QED) is 0.536. The van der Waals surface area contributed by atoms with Gasteiger partial charge in [0.15, 0.2) is 0 Å². The van der Waals surface area contributed by atoms with Gasteiger partial charge in [0, 0.05) is 0 Å². The van der Waals surface area contributed by atoms with Crippen molar-refractivity contribution in [3.05, 3.63) is 0 Å². The summed E-state index contributed by atoms with van der Waals surface area (Å²) in [6.07, 6.45) is -0.372. The maximum Gasteiger partial charge on any atom is 0.323 e. The third-order valence-corrected chi connectivity index (χ3v) is 1.57. The monoisotopic (exact) mass is 145 g/mol. The lowest BCUT2D eigenvalue weighted by Crippen LogP contribution is -2.38. The van der Waals surface area contributed by atoms with Crippen molar-refractivity contribution < 1.29 is 14.6 Å². The third kappa shape index (κ3) is 1.27. The largest absolute Gasteiger partial charge is 0.480 e. The van der Waals surface area contributed by atoms with E-state index in [1.54, 1.807) is 13.8 Å². The van der Waals surface area contributed by atoms with Crippen molar-refractivity contribution in [3.63, 3.8) is 0 Å². The molecule has 58 valence electrons. The lowest BCUT2D eigenvalue weighted by atomic mass is 10.2. The molecule has 0 spiro atoms. The molecule has 0 aromatic carbocycles. The van der Waals surface area contributed by atoms with E-state index in [2.05, 4.69) is 5.32 Å². The molecular weight excluding hydrogens is 134 g/mol. The average Bonchev–Trinajstić information content (AvgIpc) is 2.10. The first-order valence-electron chi connectivity index (χ1n) is 3.25. The van der Waals surface area contributed by atoms with Gasteiger partial charge in [0.25, 0.3) is 0 Å². The van der Waals surface area contributed by atoms with E-state index in [4.69, 9.17) is 9.84 Å². The number of carboxylic acids is 1. The number of hydrogen-bond donors (Lipinski definition) is 2. The van der Waals surface area contributed by atoms with Gasteiger partial charge in [0.2, 0.25) is 0 Å². The van der Waals surface area contributed by atoms with Crippen molar-refractivity contribution in [1.29, 1.82) is 0 Å². The number of nitrogens with one attached hydrogen (secondary N) is 1. The van der Waals surface area contributed by atoms with Crippen LogP contribution in [-0.4, -0.2) is 29.4 Å². The molecule has 0 saturated carbocycles. The molecule has 1 heterocycles. The van der Waals surface area contributed by atoms with Crippen molar-refractivity contribution in [2.75, 3.05) is 0 Å². The Morgan fingerprint density at radius 3 is 2.40 bits per heavy atom. The Bertz CT molecular complexity index is 148. The summed E-state index contributed by atoms with van der Waals surface area (Å²) in [5.41, 5.74) is 0. The van der Waals surface area contributed by atoms with Gasteiger partial charge < -0.3 is 9.84 Å². The summed E-state index contributed by atoms with van der Waals surface area (Å²) in [5, 5.41) is 11.3. The van der Waals surface area contributed by atoms with Crippen LogP contribution < -0.4 is 5.32 Å². The molecule has 0 amide bonds. The van der Waals surface area contributed by atoms with Gasteiger partial charge >= 0.3 is 5.97 Å². The second-order valence-corrected chi connectivity index (χ2v) is 2.47. The van der Waals surface area contributed by atoms with E-state index >= 15 is 0 Å². The topological polar surface area (TPSA) is 58.6 Å². The highest BCUT2D eigenvalue weighted by molar-refractivity contribution is 5.74. The fourth-order valence-corrected chi connectivity index (χ4v) is 1.10. The molecule has 4 nitrogen and oxygen atoms in total. The van der Waals surface area contributed by atoms with Crippen LogP contribution in [0.3, 0.4) is 0 Å². The number of aliphatic carboxylic acids is 1. The van der Waals surface area contributed by atoms with Crippen molar-refractivity contribution in [1.82, 2.24) is 5.32 Å². The summed E-state index contributed by atoms with van der Waals surface area (Å²) in [4.78, 5) is 10.4. The highest BCUT2D eigenvalue weighted by Gasteiger charge is 2.33. The lowest BCUT2D eigenvalue weighted by molar-refractivity contribution is -0.140. The van der Waals surface area contributed by atoms with Crippen LogP contribution in [0.2, 0.25) is 0 Å². The van der Waals surface area contributed by atoms with Crippen LogP contribution in [0.15, 0.2) is 0 Å². The number of rotatable bonds is 1. The zero-order valence-electron chi connectivity index (χ0n) is 6.00. The van der Waals surface area contributed by atoms with Gasteiger partial charge in [-0.2, -0.15) is 0 Å². The summed E-state index contributed by atoms with van der Waals surface area (Å²) in [5.74, 6) is -0.850. The third-order valence-electron chi connectivity index (χ3n) is 1.57. The predicted octanol–water partition coefficient (Wildman–Crippen LogP) is -0.206. The van der Waals surface area contributed by atoms with Crippen LogP contribution in [0, 0.1) is 0 Å². The molecule has 1 aliphatic heterocycles. The summed E-state index contributed by atoms with van der Waals surface area (Å²) in [6, 6.07) is -0.546. The van der Waals surface area contributed by atoms with Gasteiger partial charge in [-0.25, -0.2) is 0 Å². The van der Waals surface area contributed by atoms with Crippen LogP contribution in [0.5, 0.6) is 0 Å². The van der Waals surface area contributed by atoms with Crippen LogP contribution in [0.1, 0.15) is 13.8 Å². The first-order chi connectivity index (χ1) is 4.61. The Morgan fingerprint density at radius 2 is 2.20 bits per heavy atom. The molecule has 1 saturated heterocycles. The smallest absolute Gasteiger partial charge is 0.323 e. The van der Waals surface area contributed by atoms with E-state index in [0.717, 1.165) is 0 Å². The highest BCUT2D eigenvalue weighted by atomic mass is 16.5. The van der Waals surface area contributed by atoms with Gasteiger partial charge in [-0.3, -0.25) is 10.1 Å². The van der Waals surface area contributed by atoms with E-state index in [-0.39, 0.29) is 12.3 Å². The first-order valence-corrected chi connectivity index (χ1v) is 3.25. The van der Waals surface area contributed by atoms with Gasteiger partial charge in [0.05, 0.1) is 6.10 Å². The molecule has 1 unspecified atom stereocenters. The van der Waals surface area contributed by atoms with Crippen LogP contribution in [-0.2, 0) is 9.53 Å². The minimum atomic E-state index is -0.850. The summed E-state index contributed by atoms with van der Waals surface area (Å²) in [6.45, 7) is 3.54. The minimum Gasteiger partial charge on any atom is -0.480 e. The van der Waals surface area contributed by atoms with E-state index in [9.17, 15) is 4.79 Å². The Balaban J connectivity index is 2.54. The van der Waals surface area contributed by atoms with Crippen LogP contribution >= 0.6 is 0 Å². The van der Waals surface area contributed by atoms with Crippen molar-refractivity contribution in [3.8, 4) is 0 Å². The second kappa shape index (κ2) is 2.56. The molecule has 0 radical (unpaired) electrons. The maximum absolute atomic E-state index is 10.4. The molecule has 10 heavy (non-hydrogen) atoms. The summed E-state index contributed by atoms with van der Waals surface area (Å²) in [7, 11) is 0. The van der Waals surface area contributed by atoms with Gasteiger partial charge in [-0.15, -0.1) is 0 Å². The van der Waals surface area contributed by atoms with Crippen molar-refractivity contribution in [2.45, 2.75) is 32.2 Å². The molecule has 0 bridgehead atoms. The molecule has 4 heteroatoms. The van der Waals surface area contributed by atoms with Gasteiger partial charge in [0.1, 0.15) is 12.3 Å². The normalized spacial score (nSPS) is 40.0. The molecule has 0 aliphatic carbocycles. The summed E-state index contributed by atoms with van der Waals surface area (Å²) < 4.78 is 5.14. The number of carboxylic acid groups (broad SMARTS) is 1. The van der Waals surface area contributed by atoms with E-state index in [1.165, 1.54) is 0 Å². The fraction of sp³-hybridized carbons (Fsp3) is 0.833. The molecule has 0 aromatic rings. The van der Waals surface area contributed by atoms with Crippen LogP contribution in [0.4, 0.5) is 0 Å². The lowest BCUT2D eigenvalue weighted by Gasteiger charge is -2.06. The second-order valence-electron chi connectivity index (χ2n) is 2.47. The average molecular weight is 145 g/mol. The molecule has 1 fully saturated rings. The number of carbonyl (C=O) groups is 1. The van der Waals surface area contributed by atoms with Gasteiger partial charge in [-0.05, 0) is 13.8 Å². The Labute approximate surface area is 59.2 Å². The Kier molecular flexibility index (Phi) is 1.92. The summed E-state index contributed by atoms with van der Waals surface area (Å²) >= 11 is 0. The molecule has 0 aromatic heterocycles. The number of hydrogen-bond acceptors (Lipinski definition) is 3. The van der Waals surface area contributed by atoms with Crippen LogP contribution in [0.25, 0.3) is 0 Å². The molecular formula is C6H11NO3. The zero-order chi connectivity index (χ0) is 7.72. The SMILES string of the molecule is CC1N[C@H](C(=O)O)[C@@H](C)O1. The van der Waals surface area contributed by atoms with E-state index < -0.39 is 12.0 Å². The molecule has 1 aliphatic rings. The van der Waals surface area contributed by atoms with Gasteiger partial charge in [-0.1, -0.05) is 0 Å². The predicted molar refractivity (Wildman–Crippen MR) is 34.6 cm³/mol. The van der Waals surface area contributed by atoms with Crippen molar-refractivity contribution in [2.24, 2.45) is 0 Å². The van der Waals surface area contributed by atoms with E-state index in [1.807, 2.05) is 0 Å². The molecule has 1 rings (SSSR count). The standard InChI is InChI=1S/C6H11NO3/c1-3-5(6(8)9)7-4(2)10-3/h3-5,7H,1-2H3,(H,8,9)/t3-,4?,5+/m1/s1. The Morgan fingerprint density at radius 1 is 1.60 bits per heavy atom. The minimum absolute atomic E-state index is 0.143. The molecule has 2 N–H and O–H groups in total. The highest BCUT2D eigenvalue weighted by Crippen LogP contribution is 2.10. The Hall–Kier alpha value is -0.610. The van der Waals surface area contributed by atoms with E-state index in [0.29, 0.717) is 0 Å². The fourth-order valence-electron chi connectivity index (χ4n) is 1.10. The first kappa shape index (κ1) is 7.50. The number of ether oxygens (including phenoxy) is 1. The van der Waals surface area contributed by atoms with Crippen molar-refractivity contribution >= 4 is 5.97 Å². The maximum atomic E-state index is 10.4. The zero-order valence-corrected chi connectivity index (χ0v) is 6.00.